The largest absolute Gasteiger partial charge is 0.328 e. The number of aryl methyl sites for hydroxylation is 1. The van der Waals surface area contributed by atoms with Gasteiger partial charge in [0.2, 0.25) is 5.91 Å². The Hall–Kier alpha value is -1.35. The number of carbonyl (C=O) groups is 1. The van der Waals surface area contributed by atoms with Gasteiger partial charge in [0.1, 0.15) is 0 Å². The lowest BCUT2D eigenvalue weighted by atomic mass is 9.69. The summed E-state index contributed by atoms with van der Waals surface area (Å²) < 4.78 is 0. The van der Waals surface area contributed by atoms with E-state index in [4.69, 9.17) is 5.73 Å². The van der Waals surface area contributed by atoms with E-state index in [9.17, 15) is 4.79 Å². The van der Waals surface area contributed by atoms with Crippen LogP contribution in [0.3, 0.4) is 0 Å². The summed E-state index contributed by atoms with van der Waals surface area (Å²) in [5, 5.41) is 3.15. The van der Waals surface area contributed by atoms with Crippen LogP contribution in [0.25, 0.3) is 0 Å². The molecule has 1 aliphatic carbocycles. The van der Waals surface area contributed by atoms with E-state index in [0.717, 1.165) is 44.2 Å². The Morgan fingerprint density at radius 3 is 2.79 bits per heavy atom. The van der Waals surface area contributed by atoms with Gasteiger partial charge in [-0.25, -0.2) is 0 Å². The third-order valence-corrected chi connectivity index (χ3v) is 4.74. The summed E-state index contributed by atoms with van der Waals surface area (Å²) in [6.07, 6.45) is 5.81. The molecule has 1 amide bonds. The number of hydrogen-bond acceptors (Lipinski definition) is 2. The highest BCUT2D eigenvalue weighted by atomic mass is 16.2. The maximum absolute atomic E-state index is 12.5. The SMILES string of the molecule is CCCc1cccc2c1NC(=O)C21CCC(N)CC1. The monoisotopic (exact) mass is 258 g/mol. The fourth-order valence-electron chi connectivity index (χ4n) is 3.61. The van der Waals surface area contributed by atoms with E-state index < -0.39 is 0 Å². The van der Waals surface area contributed by atoms with Crippen molar-refractivity contribution in [2.45, 2.75) is 56.9 Å². The second kappa shape index (κ2) is 4.64. The summed E-state index contributed by atoms with van der Waals surface area (Å²) in [5.74, 6) is 0.193. The predicted octanol–water partition coefficient (Wildman–Crippen LogP) is 2.73. The van der Waals surface area contributed by atoms with Crippen LogP contribution in [0, 0.1) is 0 Å². The summed E-state index contributed by atoms with van der Waals surface area (Å²) in [7, 11) is 0. The molecule has 1 aliphatic heterocycles. The Kier molecular flexibility index (Phi) is 3.09. The summed E-state index contributed by atoms with van der Waals surface area (Å²) >= 11 is 0. The van der Waals surface area contributed by atoms with Crippen molar-refractivity contribution in [3.63, 3.8) is 0 Å². The normalized spacial score (nSPS) is 29.4. The van der Waals surface area contributed by atoms with Crippen molar-refractivity contribution in [3.05, 3.63) is 29.3 Å². The van der Waals surface area contributed by atoms with Crippen molar-refractivity contribution in [1.82, 2.24) is 0 Å². The van der Waals surface area contributed by atoms with E-state index in [1.165, 1.54) is 11.1 Å². The Morgan fingerprint density at radius 1 is 1.37 bits per heavy atom. The number of carbonyl (C=O) groups excluding carboxylic acids is 1. The van der Waals surface area contributed by atoms with Crippen LogP contribution in [0.1, 0.15) is 50.2 Å². The van der Waals surface area contributed by atoms with Crippen molar-refractivity contribution in [2.75, 3.05) is 5.32 Å². The van der Waals surface area contributed by atoms with Crippen LogP contribution in [-0.4, -0.2) is 11.9 Å². The van der Waals surface area contributed by atoms with Gasteiger partial charge in [0.15, 0.2) is 0 Å². The van der Waals surface area contributed by atoms with Crippen LogP contribution in [0.5, 0.6) is 0 Å². The molecule has 102 valence electrons. The molecule has 19 heavy (non-hydrogen) atoms. The molecule has 1 aromatic rings. The lowest BCUT2D eigenvalue weighted by molar-refractivity contribution is -0.122. The van der Waals surface area contributed by atoms with Gasteiger partial charge in [-0.3, -0.25) is 4.79 Å². The van der Waals surface area contributed by atoms with Crippen molar-refractivity contribution in [1.29, 1.82) is 0 Å². The highest BCUT2D eigenvalue weighted by Gasteiger charge is 2.48. The first-order chi connectivity index (χ1) is 9.17. The number of nitrogens with two attached hydrogens (primary N) is 1. The topological polar surface area (TPSA) is 55.1 Å². The average Bonchev–Trinajstić information content (AvgIpc) is 2.68. The summed E-state index contributed by atoms with van der Waals surface area (Å²) in [6, 6.07) is 6.63. The number of amides is 1. The molecule has 3 heteroatoms. The Morgan fingerprint density at radius 2 is 2.11 bits per heavy atom. The molecular formula is C16H22N2O. The fourth-order valence-corrected chi connectivity index (χ4v) is 3.61. The molecule has 1 spiro atoms. The van der Waals surface area contributed by atoms with Gasteiger partial charge in [-0.1, -0.05) is 31.5 Å². The van der Waals surface area contributed by atoms with E-state index in [2.05, 4.69) is 30.4 Å². The molecule has 3 nitrogen and oxygen atoms in total. The smallest absolute Gasteiger partial charge is 0.235 e. The van der Waals surface area contributed by atoms with Gasteiger partial charge in [0.05, 0.1) is 5.41 Å². The highest BCUT2D eigenvalue weighted by molar-refractivity contribution is 6.07. The molecule has 0 atom stereocenters. The van der Waals surface area contributed by atoms with Crippen LogP contribution < -0.4 is 11.1 Å². The average molecular weight is 258 g/mol. The number of rotatable bonds is 2. The number of nitrogens with one attached hydrogen (secondary N) is 1. The lowest BCUT2D eigenvalue weighted by Gasteiger charge is -2.34. The molecule has 2 aliphatic rings. The summed E-state index contributed by atoms with van der Waals surface area (Å²) in [6.45, 7) is 2.17. The van der Waals surface area contributed by atoms with E-state index in [-0.39, 0.29) is 17.4 Å². The molecule has 1 saturated carbocycles. The predicted molar refractivity (Wildman–Crippen MR) is 77.2 cm³/mol. The summed E-state index contributed by atoms with van der Waals surface area (Å²) in [4.78, 5) is 12.5. The second-order valence-corrected chi connectivity index (χ2v) is 5.96. The third-order valence-electron chi connectivity index (χ3n) is 4.74. The van der Waals surface area contributed by atoms with Gasteiger partial charge in [0, 0.05) is 11.7 Å². The van der Waals surface area contributed by atoms with Crippen LogP contribution in [0.4, 0.5) is 5.69 Å². The number of fused-ring (bicyclic) bond motifs is 2. The first-order valence-electron chi connectivity index (χ1n) is 7.37. The number of benzene rings is 1. The molecule has 0 saturated heterocycles. The fraction of sp³-hybridized carbons (Fsp3) is 0.562. The van der Waals surface area contributed by atoms with E-state index in [1.54, 1.807) is 0 Å². The minimum absolute atomic E-state index is 0.193. The second-order valence-electron chi connectivity index (χ2n) is 5.96. The minimum Gasteiger partial charge on any atom is -0.328 e. The maximum atomic E-state index is 12.5. The minimum atomic E-state index is -0.297. The van der Waals surface area contributed by atoms with Gasteiger partial charge in [-0.2, -0.15) is 0 Å². The number of para-hydroxylation sites is 1. The maximum Gasteiger partial charge on any atom is 0.235 e. The molecule has 0 aromatic heterocycles. The van der Waals surface area contributed by atoms with Crippen molar-refractivity contribution in [2.24, 2.45) is 5.73 Å². The van der Waals surface area contributed by atoms with Crippen LogP contribution in [-0.2, 0) is 16.6 Å². The Balaban J connectivity index is 2.03. The highest BCUT2D eigenvalue weighted by Crippen LogP contribution is 2.48. The van der Waals surface area contributed by atoms with Gasteiger partial charge in [-0.15, -0.1) is 0 Å². The van der Waals surface area contributed by atoms with Crippen molar-refractivity contribution >= 4 is 11.6 Å². The standard InChI is InChI=1S/C16H22N2O/c1-2-4-11-5-3-6-13-14(11)18-15(19)16(13)9-7-12(17)8-10-16/h3,5-6,12H,2,4,7-10,17H2,1H3,(H,18,19). The first-order valence-corrected chi connectivity index (χ1v) is 7.37. The van der Waals surface area contributed by atoms with Gasteiger partial charge >= 0.3 is 0 Å². The van der Waals surface area contributed by atoms with Crippen molar-refractivity contribution < 1.29 is 4.79 Å². The summed E-state index contributed by atoms with van der Waals surface area (Å²) in [5.41, 5.74) is 9.28. The molecule has 0 unspecified atom stereocenters. The van der Waals surface area contributed by atoms with E-state index in [1.807, 2.05) is 0 Å². The van der Waals surface area contributed by atoms with Crippen molar-refractivity contribution in [3.8, 4) is 0 Å². The molecular weight excluding hydrogens is 236 g/mol. The zero-order chi connectivity index (χ0) is 13.5. The van der Waals surface area contributed by atoms with Gasteiger partial charge in [-0.05, 0) is 43.2 Å². The van der Waals surface area contributed by atoms with E-state index in [0.29, 0.717) is 0 Å². The van der Waals surface area contributed by atoms with Crippen LogP contribution >= 0.6 is 0 Å². The van der Waals surface area contributed by atoms with Crippen LogP contribution in [0.2, 0.25) is 0 Å². The molecule has 0 radical (unpaired) electrons. The lowest BCUT2D eigenvalue weighted by Crippen LogP contribution is -2.41. The molecule has 3 rings (SSSR count). The number of anilines is 1. The zero-order valence-corrected chi connectivity index (χ0v) is 11.5. The number of hydrogen-bond donors (Lipinski definition) is 2. The Labute approximate surface area is 114 Å². The molecule has 1 fully saturated rings. The Bertz CT molecular complexity index is 501. The molecule has 3 N–H and O–H groups in total. The van der Waals surface area contributed by atoms with Crippen LogP contribution in [0.15, 0.2) is 18.2 Å². The zero-order valence-electron chi connectivity index (χ0n) is 11.5. The molecule has 1 heterocycles. The van der Waals surface area contributed by atoms with Gasteiger partial charge in [0.25, 0.3) is 0 Å². The van der Waals surface area contributed by atoms with Gasteiger partial charge < -0.3 is 11.1 Å². The van der Waals surface area contributed by atoms with E-state index >= 15 is 0 Å². The quantitative estimate of drug-likeness (QED) is 0.857. The third kappa shape index (κ3) is 1.88. The first kappa shape index (κ1) is 12.7. The molecule has 0 bridgehead atoms. The molecule has 1 aromatic carbocycles.